The summed E-state index contributed by atoms with van der Waals surface area (Å²) in [6.45, 7) is 3.88. The molecule has 0 unspecified atom stereocenters. The first-order valence-electron chi connectivity index (χ1n) is 8.98. The molecule has 0 spiro atoms. The van der Waals surface area contributed by atoms with Crippen molar-refractivity contribution in [3.05, 3.63) is 89.6 Å². The first-order valence-corrected chi connectivity index (χ1v) is 8.98. The van der Waals surface area contributed by atoms with E-state index in [2.05, 4.69) is 15.5 Å². The summed E-state index contributed by atoms with van der Waals surface area (Å²) in [4.78, 5) is 12.4. The van der Waals surface area contributed by atoms with Gasteiger partial charge in [0.05, 0.1) is 5.69 Å². The van der Waals surface area contributed by atoms with Crippen molar-refractivity contribution in [3.63, 3.8) is 0 Å². The van der Waals surface area contributed by atoms with E-state index < -0.39 is 0 Å². The zero-order valence-corrected chi connectivity index (χ0v) is 15.6. The molecule has 138 valence electrons. The summed E-state index contributed by atoms with van der Waals surface area (Å²) in [6, 6.07) is 22.5. The maximum Gasteiger partial charge on any atom is 0.255 e. The van der Waals surface area contributed by atoms with Gasteiger partial charge in [-0.2, -0.15) is 5.10 Å². The summed E-state index contributed by atoms with van der Waals surface area (Å²) in [5, 5.41) is 13.2. The average molecular weight is 369 g/mol. The number of aromatic nitrogens is 2. The molecule has 3 aromatic carbocycles. The van der Waals surface area contributed by atoms with Crippen molar-refractivity contribution < 1.29 is 9.53 Å². The van der Waals surface area contributed by atoms with Gasteiger partial charge in [0.15, 0.2) is 0 Å². The Morgan fingerprint density at radius 2 is 1.61 bits per heavy atom. The number of carbonyl (C=O) groups excluding carboxylic acids is 1. The third-order valence-corrected chi connectivity index (χ3v) is 4.45. The highest BCUT2D eigenvalue weighted by Crippen LogP contribution is 2.29. The van der Waals surface area contributed by atoms with E-state index in [0.29, 0.717) is 22.9 Å². The number of fused-ring (bicyclic) bond motifs is 1. The molecule has 1 amide bonds. The standard InChI is InChI=1S/C23H19N3O2/c1-15-6-5-7-17(14-15)22(27)24-18-10-12-19(13-11-18)28-23-21-9-4-3-8-20(21)16(2)25-26-23/h3-14H,1-2H3,(H,24,27). The third kappa shape index (κ3) is 3.69. The number of rotatable bonds is 4. The summed E-state index contributed by atoms with van der Waals surface area (Å²) in [6.07, 6.45) is 0. The fourth-order valence-corrected chi connectivity index (χ4v) is 3.00. The topological polar surface area (TPSA) is 64.1 Å². The SMILES string of the molecule is Cc1cccc(C(=O)Nc2ccc(Oc3nnc(C)c4ccccc34)cc2)c1. The highest BCUT2D eigenvalue weighted by atomic mass is 16.5. The summed E-state index contributed by atoms with van der Waals surface area (Å²) < 4.78 is 5.92. The summed E-state index contributed by atoms with van der Waals surface area (Å²) in [5.74, 6) is 0.933. The molecule has 1 N–H and O–H groups in total. The fourth-order valence-electron chi connectivity index (χ4n) is 3.00. The zero-order chi connectivity index (χ0) is 19.5. The number of benzene rings is 3. The maximum atomic E-state index is 12.4. The van der Waals surface area contributed by atoms with Crippen LogP contribution in [0.15, 0.2) is 72.8 Å². The van der Waals surface area contributed by atoms with E-state index in [0.717, 1.165) is 22.0 Å². The Morgan fingerprint density at radius 1 is 0.857 bits per heavy atom. The van der Waals surface area contributed by atoms with E-state index in [1.54, 1.807) is 30.3 Å². The average Bonchev–Trinajstić information content (AvgIpc) is 2.72. The molecule has 28 heavy (non-hydrogen) atoms. The first kappa shape index (κ1) is 17.7. The van der Waals surface area contributed by atoms with E-state index >= 15 is 0 Å². The molecule has 1 aromatic heterocycles. The van der Waals surface area contributed by atoms with Gasteiger partial charge in [-0.25, -0.2) is 0 Å². The van der Waals surface area contributed by atoms with Gasteiger partial charge in [-0.3, -0.25) is 4.79 Å². The van der Waals surface area contributed by atoms with E-state index in [9.17, 15) is 4.79 Å². The fraction of sp³-hybridized carbons (Fsp3) is 0.0870. The number of nitrogens with one attached hydrogen (secondary N) is 1. The lowest BCUT2D eigenvalue weighted by atomic mass is 10.1. The Kier molecular flexibility index (Phi) is 4.72. The quantitative estimate of drug-likeness (QED) is 0.531. The molecule has 0 aliphatic carbocycles. The minimum atomic E-state index is -0.146. The number of hydrogen-bond donors (Lipinski definition) is 1. The van der Waals surface area contributed by atoms with Gasteiger partial charge in [0.25, 0.3) is 5.91 Å². The van der Waals surface area contributed by atoms with Crippen LogP contribution < -0.4 is 10.1 Å². The van der Waals surface area contributed by atoms with Gasteiger partial charge in [0.2, 0.25) is 5.88 Å². The van der Waals surface area contributed by atoms with Crippen LogP contribution in [0.5, 0.6) is 11.6 Å². The highest BCUT2D eigenvalue weighted by molar-refractivity contribution is 6.04. The lowest BCUT2D eigenvalue weighted by molar-refractivity contribution is 0.102. The van der Waals surface area contributed by atoms with Gasteiger partial charge in [-0.05, 0) is 56.3 Å². The number of nitrogens with zero attached hydrogens (tertiary/aromatic N) is 2. The lowest BCUT2D eigenvalue weighted by Crippen LogP contribution is -2.11. The number of ether oxygens (including phenoxy) is 1. The van der Waals surface area contributed by atoms with E-state index in [1.807, 2.05) is 56.3 Å². The first-order chi connectivity index (χ1) is 13.6. The molecule has 0 aliphatic rings. The molecular weight excluding hydrogens is 350 g/mol. The monoisotopic (exact) mass is 369 g/mol. The normalized spacial score (nSPS) is 10.6. The second-order valence-electron chi connectivity index (χ2n) is 6.59. The van der Waals surface area contributed by atoms with Gasteiger partial charge >= 0.3 is 0 Å². The largest absolute Gasteiger partial charge is 0.437 e. The summed E-state index contributed by atoms with van der Waals surface area (Å²) in [5.41, 5.74) is 3.22. The minimum Gasteiger partial charge on any atom is -0.437 e. The van der Waals surface area contributed by atoms with E-state index in [4.69, 9.17) is 4.74 Å². The molecule has 5 nitrogen and oxygen atoms in total. The molecule has 0 fully saturated rings. The molecule has 1 heterocycles. The van der Waals surface area contributed by atoms with E-state index in [1.165, 1.54) is 0 Å². The van der Waals surface area contributed by atoms with Gasteiger partial charge < -0.3 is 10.1 Å². The van der Waals surface area contributed by atoms with Crippen LogP contribution in [0.2, 0.25) is 0 Å². The van der Waals surface area contributed by atoms with Crippen LogP contribution in [0.25, 0.3) is 10.8 Å². The van der Waals surface area contributed by atoms with Crippen LogP contribution in [-0.2, 0) is 0 Å². The molecule has 0 saturated carbocycles. The number of carbonyl (C=O) groups is 1. The van der Waals surface area contributed by atoms with Crippen LogP contribution >= 0.6 is 0 Å². The molecule has 0 radical (unpaired) electrons. The van der Waals surface area contributed by atoms with E-state index in [-0.39, 0.29) is 5.91 Å². The van der Waals surface area contributed by atoms with Crippen molar-refractivity contribution in [3.8, 4) is 11.6 Å². The molecule has 0 saturated heterocycles. The molecular formula is C23H19N3O2. The molecule has 4 rings (SSSR count). The number of anilines is 1. The third-order valence-electron chi connectivity index (χ3n) is 4.45. The van der Waals surface area contributed by atoms with Crippen molar-refractivity contribution in [1.29, 1.82) is 0 Å². The molecule has 4 aromatic rings. The Morgan fingerprint density at radius 3 is 2.36 bits per heavy atom. The molecule has 0 aliphatic heterocycles. The van der Waals surface area contributed by atoms with Gasteiger partial charge in [-0.15, -0.1) is 5.10 Å². The Labute approximate surface area is 163 Å². The van der Waals surface area contributed by atoms with Crippen LogP contribution in [-0.4, -0.2) is 16.1 Å². The second-order valence-corrected chi connectivity index (χ2v) is 6.59. The zero-order valence-electron chi connectivity index (χ0n) is 15.6. The maximum absolute atomic E-state index is 12.4. The van der Waals surface area contributed by atoms with Gasteiger partial charge in [0.1, 0.15) is 5.75 Å². The number of amides is 1. The predicted molar refractivity (Wildman–Crippen MR) is 110 cm³/mol. The Balaban J connectivity index is 1.51. The summed E-state index contributed by atoms with van der Waals surface area (Å²) >= 11 is 0. The summed E-state index contributed by atoms with van der Waals surface area (Å²) in [7, 11) is 0. The van der Waals surface area contributed by atoms with Crippen molar-refractivity contribution in [2.45, 2.75) is 13.8 Å². The van der Waals surface area contributed by atoms with Gasteiger partial charge in [-0.1, -0.05) is 35.9 Å². The number of hydrogen-bond acceptors (Lipinski definition) is 4. The highest BCUT2D eigenvalue weighted by Gasteiger charge is 2.09. The molecule has 5 heteroatoms. The van der Waals surface area contributed by atoms with Crippen LogP contribution in [0, 0.1) is 13.8 Å². The predicted octanol–water partition coefficient (Wildman–Crippen LogP) is 5.29. The van der Waals surface area contributed by atoms with Crippen molar-refractivity contribution in [2.75, 3.05) is 5.32 Å². The van der Waals surface area contributed by atoms with Crippen LogP contribution in [0.1, 0.15) is 21.6 Å². The van der Waals surface area contributed by atoms with Crippen LogP contribution in [0.4, 0.5) is 5.69 Å². The Bertz CT molecular complexity index is 1150. The molecule has 0 bridgehead atoms. The smallest absolute Gasteiger partial charge is 0.255 e. The van der Waals surface area contributed by atoms with Crippen molar-refractivity contribution in [1.82, 2.24) is 10.2 Å². The minimum absolute atomic E-state index is 0.146. The number of aryl methyl sites for hydroxylation is 2. The van der Waals surface area contributed by atoms with Crippen molar-refractivity contribution >= 4 is 22.4 Å². The van der Waals surface area contributed by atoms with Gasteiger partial charge in [0, 0.05) is 22.0 Å². The van der Waals surface area contributed by atoms with Crippen molar-refractivity contribution in [2.24, 2.45) is 0 Å². The van der Waals surface area contributed by atoms with Crippen LogP contribution in [0.3, 0.4) is 0 Å². The second kappa shape index (κ2) is 7.48. The molecule has 0 atom stereocenters. The Hall–Kier alpha value is -3.73. The lowest BCUT2D eigenvalue weighted by Gasteiger charge is -2.10.